The number of hydrogen-bond acceptors (Lipinski definition) is 5. The predicted octanol–water partition coefficient (Wildman–Crippen LogP) is 3.45. The van der Waals surface area contributed by atoms with Crippen molar-refractivity contribution < 1.29 is 14.6 Å². The van der Waals surface area contributed by atoms with Crippen LogP contribution in [0.15, 0.2) is 36.4 Å². The average Bonchev–Trinajstić information content (AvgIpc) is 3.01. The van der Waals surface area contributed by atoms with E-state index in [4.69, 9.17) is 9.84 Å². The monoisotopic (exact) mass is 327 g/mol. The fraction of sp³-hybridized carbons (Fsp3) is 0.188. The summed E-state index contributed by atoms with van der Waals surface area (Å²) in [5, 5.41) is 11.5. The largest absolute Gasteiger partial charge is 0.493 e. The van der Waals surface area contributed by atoms with Crippen LogP contribution in [0.3, 0.4) is 0 Å². The number of rotatable bonds is 2. The van der Waals surface area contributed by atoms with E-state index in [1.807, 2.05) is 36.4 Å². The fourth-order valence-corrected chi connectivity index (χ4v) is 3.35. The van der Waals surface area contributed by atoms with Crippen LogP contribution >= 0.6 is 11.7 Å². The molecule has 0 bridgehead atoms. The summed E-state index contributed by atoms with van der Waals surface area (Å²) in [6, 6.07) is 11.6. The summed E-state index contributed by atoms with van der Waals surface area (Å²) in [5.41, 5.74) is 4.67. The second kappa shape index (κ2) is 5.51. The summed E-state index contributed by atoms with van der Waals surface area (Å²) in [5.74, 6) is 0.726. The SMILES string of the molecule is O=C(O)NC1CCOc2cc(-c3ccc4nsnc4c3)ccc21. The Morgan fingerprint density at radius 3 is 2.83 bits per heavy atom. The molecule has 6 nitrogen and oxygen atoms in total. The fourth-order valence-electron chi connectivity index (χ4n) is 2.83. The highest BCUT2D eigenvalue weighted by molar-refractivity contribution is 7.00. The molecule has 0 fully saturated rings. The van der Waals surface area contributed by atoms with E-state index in [9.17, 15) is 4.79 Å². The third-order valence-corrected chi connectivity index (χ3v) is 4.49. The van der Waals surface area contributed by atoms with Gasteiger partial charge >= 0.3 is 6.09 Å². The number of aromatic nitrogens is 2. The molecule has 23 heavy (non-hydrogen) atoms. The molecule has 0 saturated carbocycles. The van der Waals surface area contributed by atoms with E-state index >= 15 is 0 Å². The molecule has 2 N–H and O–H groups in total. The number of fused-ring (bicyclic) bond motifs is 2. The first-order valence-electron chi connectivity index (χ1n) is 7.19. The third kappa shape index (κ3) is 2.59. The van der Waals surface area contributed by atoms with E-state index < -0.39 is 6.09 Å². The lowest BCUT2D eigenvalue weighted by molar-refractivity contribution is 0.182. The Morgan fingerprint density at radius 2 is 1.96 bits per heavy atom. The summed E-state index contributed by atoms with van der Waals surface area (Å²) in [7, 11) is 0. The van der Waals surface area contributed by atoms with Crippen LogP contribution in [0, 0.1) is 0 Å². The Labute approximate surface area is 136 Å². The van der Waals surface area contributed by atoms with Crippen LogP contribution in [0.2, 0.25) is 0 Å². The molecule has 0 spiro atoms. The molecule has 1 unspecified atom stereocenters. The van der Waals surface area contributed by atoms with Crippen LogP contribution in [-0.2, 0) is 0 Å². The smallest absolute Gasteiger partial charge is 0.405 e. The van der Waals surface area contributed by atoms with Gasteiger partial charge in [0.2, 0.25) is 0 Å². The molecule has 1 aromatic heterocycles. The molecule has 1 amide bonds. The first-order chi connectivity index (χ1) is 11.2. The molecule has 4 rings (SSSR count). The highest BCUT2D eigenvalue weighted by Gasteiger charge is 2.23. The van der Waals surface area contributed by atoms with Gasteiger partial charge in [0.15, 0.2) is 0 Å². The van der Waals surface area contributed by atoms with Crippen molar-refractivity contribution >= 4 is 28.9 Å². The van der Waals surface area contributed by atoms with Crippen molar-refractivity contribution in [2.45, 2.75) is 12.5 Å². The Morgan fingerprint density at radius 1 is 1.17 bits per heavy atom. The highest BCUT2D eigenvalue weighted by Crippen LogP contribution is 2.36. The van der Waals surface area contributed by atoms with Crippen molar-refractivity contribution in [3.63, 3.8) is 0 Å². The van der Waals surface area contributed by atoms with Gasteiger partial charge in [-0.25, -0.2) is 4.79 Å². The number of ether oxygens (including phenoxy) is 1. The summed E-state index contributed by atoms with van der Waals surface area (Å²) in [6.07, 6.45) is -0.386. The lowest BCUT2D eigenvalue weighted by Crippen LogP contribution is -2.30. The van der Waals surface area contributed by atoms with E-state index in [2.05, 4.69) is 14.1 Å². The van der Waals surface area contributed by atoms with Gasteiger partial charge in [0, 0.05) is 12.0 Å². The van der Waals surface area contributed by atoms with E-state index in [0.29, 0.717) is 13.0 Å². The Kier molecular flexibility index (Phi) is 3.34. The maximum absolute atomic E-state index is 10.9. The van der Waals surface area contributed by atoms with E-state index in [1.165, 1.54) is 11.7 Å². The molecule has 1 atom stereocenters. The van der Waals surface area contributed by atoms with Gasteiger partial charge in [0.1, 0.15) is 16.8 Å². The van der Waals surface area contributed by atoms with Crippen molar-refractivity contribution in [2.24, 2.45) is 0 Å². The zero-order valence-electron chi connectivity index (χ0n) is 12.0. The molecule has 0 saturated heterocycles. The average molecular weight is 327 g/mol. The molecule has 1 aliphatic heterocycles. The molecule has 0 aliphatic carbocycles. The molecular formula is C16H13N3O3S. The van der Waals surface area contributed by atoms with Gasteiger partial charge in [-0.15, -0.1) is 0 Å². The van der Waals surface area contributed by atoms with Crippen LogP contribution in [0.25, 0.3) is 22.2 Å². The quantitative estimate of drug-likeness (QED) is 0.753. The van der Waals surface area contributed by atoms with Crippen LogP contribution in [0.5, 0.6) is 5.75 Å². The maximum Gasteiger partial charge on any atom is 0.405 e. The number of nitrogens with one attached hydrogen (secondary N) is 1. The van der Waals surface area contributed by atoms with E-state index in [0.717, 1.165) is 33.5 Å². The zero-order chi connectivity index (χ0) is 15.8. The summed E-state index contributed by atoms with van der Waals surface area (Å²) >= 11 is 1.20. The summed E-state index contributed by atoms with van der Waals surface area (Å²) in [4.78, 5) is 10.9. The van der Waals surface area contributed by atoms with Gasteiger partial charge in [-0.05, 0) is 29.3 Å². The van der Waals surface area contributed by atoms with Crippen LogP contribution < -0.4 is 10.1 Å². The van der Waals surface area contributed by atoms with Crippen molar-refractivity contribution in [2.75, 3.05) is 6.61 Å². The van der Waals surface area contributed by atoms with Crippen molar-refractivity contribution in [1.29, 1.82) is 0 Å². The molecule has 116 valence electrons. The lowest BCUT2D eigenvalue weighted by atomic mass is 9.96. The first-order valence-corrected chi connectivity index (χ1v) is 7.92. The van der Waals surface area contributed by atoms with Gasteiger partial charge in [-0.2, -0.15) is 8.75 Å². The second-order valence-corrected chi connectivity index (χ2v) is 5.89. The van der Waals surface area contributed by atoms with Gasteiger partial charge in [0.05, 0.1) is 24.4 Å². The molecule has 1 aliphatic rings. The Bertz CT molecular complexity index is 893. The number of amides is 1. The van der Waals surface area contributed by atoms with Crippen LogP contribution in [-0.4, -0.2) is 26.6 Å². The molecule has 2 heterocycles. The zero-order valence-corrected chi connectivity index (χ0v) is 12.8. The maximum atomic E-state index is 10.9. The standard InChI is InChI=1S/C16H13N3O3S/c20-16(21)17-12-5-6-22-15-8-10(1-3-11(12)15)9-2-4-13-14(7-9)19-23-18-13/h1-4,7-8,12,17H,5-6H2,(H,20,21). The highest BCUT2D eigenvalue weighted by atomic mass is 32.1. The molecule has 2 aromatic carbocycles. The third-order valence-electron chi connectivity index (χ3n) is 3.94. The molecule has 7 heteroatoms. The van der Waals surface area contributed by atoms with E-state index in [1.54, 1.807) is 0 Å². The van der Waals surface area contributed by atoms with E-state index in [-0.39, 0.29) is 6.04 Å². The molecular weight excluding hydrogens is 314 g/mol. The van der Waals surface area contributed by atoms with Crippen LogP contribution in [0.4, 0.5) is 4.79 Å². The summed E-state index contributed by atoms with van der Waals surface area (Å²) in [6.45, 7) is 0.496. The van der Waals surface area contributed by atoms with Gasteiger partial charge < -0.3 is 15.2 Å². The van der Waals surface area contributed by atoms with Gasteiger partial charge in [0.25, 0.3) is 0 Å². The molecule has 0 radical (unpaired) electrons. The minimum Gasteiger partial charge on any atom is -0.493 e. The lowest BCUT2D eigenvalue weighted by Gasteiger charge is -2.26. The first kappa shape index (κ1) is 14.0. The minimum absolute atomic E-state index is 0.226. The Balaban J connectivity index is 1.72. The van der Waals surface area contributed by atoms with Gasteiger partial charge in [-0.3, -0.25) is 0 Å². The van der Waals surface area contributed by atoms with Crippen molar-refractivity contribution in [1.82, 2.24) is 14.1 Å². The number of carbonyl (C=O) groups is 1. The number of benzene rings is 2. The minimum atomic E-state index is -1.02. The number of carboxylic acid groups (broad SMARTS) is 1. The van der Waals surface area contributed by atoms with Crippen molar-refractivity contribution in [3.8, 4) is 16.9 Å². The molecule has 3 aromatic rings. The van der Waals surface area contributed by atoms with Gasteiger partial charge in [-0.1, -0.05) is 18.2 Å². The topological polar surface area (TPSA) is 84.3 Å². The van der Waals surface area contributed by atoms with Crippen molar-refractivity contribution in [3.05, 3.63) is 42.0 Å². The Hall–Kier alpha value is -2.67. The second-order valence-electron chi connectivity index (χ2n) is 5.36. The predicted molar refractivity (Wildman–Crippen MR) is 86.9 cm³/mol. The normalized spacial score (nSPS) is 16.6. The number of nitrogens with zero attached hydrogens (tertiary/aromatic N) is 2. The van der Waals surface area contributed by atoms with Crippen LogP contribution in [0.1, 0.15) is 18.0 Å². The summed E-state index contributed by atoms with van der Waals surface area (Å²) < 4.78 is 14.2. The number of hydrogen-bond donors (Lipinski definition) is 2.